The summed E-state index contributed by atoms with van der Waals surface area (Å²) in [6.07, 6.45) is 4.87. The molecule has 3 nitrogen and oxygen atoms in total. The minimum absolute atomic E-state index is 0. The Morgan fingerprint density at radius 1 is 1.33 bits per heavy atom. The summed E-state index contributed by atoms with van der Waals surface area (Å²) in [5.41, 5.74) is 7.78. The first kappa shape index (κ1) is 13.1. The quantitative estimate of drug-likeness (QED) is 0.929. The van der Waals surface area contributed by atoms with Gasteiger partial charge >= 0.3 is 0 Å². The van der Waals surface area contributed by atoms with Gasteiger partial charge in [-0.1, -0.05) is 12.1 Å². The van der Waals surface area contributed by atoms with E-state index in [1.807, 2.05) is 23.0 Å². The van der Waals surface area contributed by atoms with E-state index in [0.29, 0.717) is 18.5 Å². The van der Waals surface area contributed by atoms with Crippen molar-refractivity contribution in [1.29, 1.82) is 0 Å². The van der Waals surface area contributed by atoms with Crippen molar-refractivity contribution in [1.82, 2.24) is 9.78 Å². The highest BCUT2D eigenvalue weighted by Crippen LogP contribution is 2.50. The third-order valence-electron chi connectivity index (χ3n) is 3.29. The van der Waals surface area contributed by atoms with Gasteiger partial charge in [-0.25, -0.2) is 4.39 Å². The summed E-state index contributed by atoms with van der Waals surface area (Å²) in [4.78, 5) is 0. The van der Waals surface area contributed by atoms with Crippen LogP contribution in [0.3, 0.4) is 0 Å². The molecule has 0 spiro atoms. The van der Waals surface area contributed by atoms with Crippen LogP contribution < -0.4 is 5.73 Å². The van der Waals surface area contributed by atoms with E-state index in [0.717, 1.165) is 12.0 Å². The van der Waals surface area contributed by atoms with Gasteiger partial charge in [-0.3, -0.25) is 4.68 Å². The molecule has 0 amide bonds. The summed E-state index contributed by atoms with van der Waals surface area (Å²) in [6.45, 7) is 0.522. The molecule has 96 valence electrons. The fourth-order valence-electron chi connectivity index (χ4n) is 2.21. The highest BCUT2D eigenvalue weighted by atomic mass is 35.5. The highest BCUT2D eigenvalue weighted by molar-refractivity contribution is 5.85. The number of rotatable bonds is 3. The molecular weight excluding hydrogens is 253 g/mol. The van der Waals surface area contributed by atoms with Gasteiger partial charge in [0.15, 0.2) is 0 Å². The van der Waals surface area contributed by atoms with Gasteiger partial charge in [-0.05, 0) is 24.1 Å². The number of nitrogens with two attached hydrogens (primary N) is 1. The second-order valence-corrected chi connectivity index (χ2v) is 4.49. The predicted octanol–water partition coefficient (Wildman–Crippen LogP) is 2.63. The Morgan fingerprint density at radius 2 is 2.06 bits per heavy atom. The van der Waals surface area contributed by atoms with Crippen molar-refractivity contribution in [3.05, 3.63) is 53.6 Å². The van der Waals surface area contributed by atoms with Crippen LogP contribution in [0.15, 0.2) is 36.7 Å². The van der Waals surface area contributed by atoms with Crippen LogP contribution in [0.2, 0.25) is 0 Å². The molecule has 1 heterocycles. The van der Waals surface area contributed by atoms with Crippen LogP contribution in [0.5, 0.6) is 0 Å². The van der Waals surface area contributed by atoms with Gasteiger partial charge in [-0.2, -0.15) is 5.10 Å². The van der Waals surface area contributed by atoms with Crippen LogP contribution in [-0.4, -0.2) is 9.78 Å². The van der Waals surface area contributed by atoms with Crippen molar-refractivity contribution < 1.29 is 4.39 Å². The molecule has 1 aliphatic carbocycles. The standard InChI is InChI=1S/C13H14FN3.ClH/c14-11-3-1-10(2-4-11)12-5-13(12)17-8-9(6-15)7-16-17;/h1-4,7-8,12-13H,5-6,15H2;1H. The molecule has 1 aliphatic rings. The molecule has 0 aliphatic heterocycles. The summed E-state index contributed by atoms with van der Waals surface area (Å²) in [5, 5.41) is 4.30. The Labute approximate surface area is 111 Å². The molecule has 0 saturated heterocycles. The molecule has 1 saturated carbocycles. The lowest BCUT2D eigenvalue weighted by Gasteiger charge is -2.01. The van der Waals surface area contributed by atoms with Crippen molar-refractivity contribution in [2.24, 2.45) is 5.73 Å². The maximum atomic E-state index is 12.8. The second-order valence-electron chi connectivity index (χ2n) is 4.49. The molecule has 0 bridgehead atoms. The molecule has 5 heteroatoms. The Bertz CT molecular complexity index is 523. The smallest absolute Gasteiger partial charge is 0.123 e. The number of halogens is 2. The zero-order valence-corrected chi connectivity index (χ0v) is 10.6. The lowest BCUT2D eigenvalue weighted by Crippen LogP contribution is -1.97. The molecule has 2 atom stereocenters. The lowest BCUT2D eigenvalue weighted by atomic mass is 10.1. The van der Waals surface area contributed by atoms with E-state index in [-0.39, 0.29) is 18.2 Å². The molecule has 3 rings (SSSR count). The topological polar surface area (TPSA) is 43.8 Å². The van der Waals surface area contributed by atoms with Gasteiger partial charge < -0.3 is 5.73 Å². The van der Waals surface area contributed by atoms with Gasteiger partial charge in [0.25, 0.3) is 0 Å². The van der Waals surface area contributed by atoms with Crippen molar-refractivity contribution in [2.75, 3.05) is 0 Å². The maximum Gasteiger partial charge on any atom is 0.123 e. The summed E-state index contributed by atoms with van der Waals surface area (Å²) >= 11 is 0. The fraction of sp³-hybridized carbons (Fsp3) is 0.308. The molecule has 1 aromatic heterocycles. The van der Waals surface area contributed by atoms with Crippen molar-refractivity contribution >= 4 is 12.4 Å². The SMILES string of the molecule is Cl.NCc1cnn(C2CC2c2ccc(F)cc2)c1. The maximum absolute atomic E-state index is 12.8. The first-order chi connectivity index (χ1) is 8.28. The van der Waals surface area contributed by atoms with E-state index in [1.165, 1.54) is 17.7 Å². The average Bonchev–Trinajstić information content (AvgIpc) is 3.00. The van der Waals surface area contributed by atoms with E-state index in [1.54, 1.807) is 6.20 Å². The van der Waals surface area contributed by atoms with E-state index in [2.05, 4.69) is 5.10 Å². The monoisotopic (exact) mass is 267 g/mol. The van der Waals surface area contributed by atoms with Gasteiger partial charge in [-0.15, -0.1) is 12.4 Å². The molecule has 2 aromatic rings. The number of benzene rings is 1. The number of hydrogen-bond donors (Lipinski definition) is 1. The Kier molecular flexibility index (Phi) is 3.68. The summed E-state index contributed by atoms with van der Waals surface area (Å²) in [5.74, 6) is 0.275. The van der Waals surface area contributed by atoms with Crippen molar-refractivity contribution in [2.45, 2.75) is 24.9 Å². The summed E-state index contributed by atoms with van der Waals surface area (Å²) in [6, 6.07) is 7.14. The number of aromatic nitrogens is 2. The summed E-state index contributed by atoms with van der Waals surface area (Å²) < 4.78 is 14.8. The van der Waals surface area contributed by atoms with E-state index in [9.17, 15) is 4.39 Å². The largest absolute Gasteiger partial charge is 0.326 e. The predicted molar refractivity (Wildman–Crippen MR) is 70.2 cm³/mol. The van der Waals surface area contributed by atoms with Crippen molar-refractivity contribution in [3.63, 3.8) is 0 Å². The van der Waals surface area contributed by atoms with E-state index >= 15 is 0 Å². The Hall–Kier alpha value is -1.39. The molecule has 1 aromatic carbocycles. The van der Waals surface area contributed by atoms with Crippen LogP contribution in [0.1, 0.15) is 29.5 Å². The van der Waals surface area contributed by atoms with E-state index in [4.69, 9.17) is 5.73 Å². The average molecular weight is 268 g/mol. The highest BCUT2D eigenvalue weighted by Gasteiger charge is 2.40. The molecule has 0 radical (unpaired) electrons. The molecule has 18 heavy (non-hydrogen) atoms. The fourth-order valence-corrected chi connectivity index (χ4v) is 2.21. The minimum atomic E-state index is -0.185. The third kappa shape index (κ3) is 2.40. The molecular formula is C13H15ClFN3. The number of hydrogen-bond acceptors (Lipinski definition) is 2. The molecule has 2 unspecified atom stereocenters. The molecule has 1 fully saturated rings. The Balaban J connectivity index is 0.00000120. The third-order valence-corrected chi connectivity index (χ3v) is 3.29. The van der Waals surface area contributed by atoms with Crippen LogP contribution in [0.25, 0.3) is 0 Å². The zero-order chi connectivity index (χ0) is 11.8. The number of nitrogens with zero attached hydrogens (tertiary/aromatic N) is 2. The lowest BCUT2D eigenvalue weighted by molar-refractivity contribution is 0.619. The minimum Gasteiger partial charge on any atom is -0.326 e. The van der Waals surface area contributed by atoms with Crippen LogP contribution in [-0.2, 0) is 6.54 Å². The van der Waals surface area contributed by atoms with Crippen LogP contribution in [0, 0.1) is 5.82 Å². The van der Waals surface area contributed by atoms with Gasteiger partial charge in [0, 0.05) is 24.2 Å². The summed E-state index contributed by atoms with van der Waals surface area (Å²) in [7, 11) is 0. The van der Waals surface area contributed by atoms with Gasteiger partial charge in [0.05, 0.1) is 12.2 Å². The normalized spacial score (nSPS) is 21.4. The van der Waals surface area contributed by atoms with Crippen molar-refractivity contribution in [3.8, 4) is 0 Å². The zero-order valence-electron chi connectivity index (χ0n) is 9.79. The van der Waals surface area contributed by atoms with Gasteiger partial charge in [0.2, 0.25) is 0 Å². The van der Waals surface area contributed by atoms with E-state index < -0.39 is 0 Å². The Morgan fingerprint density at radius 3 is 2.67 bits per heavy atom. The first-order valence-corrected chi connectivity index (χ1v) is 5.76. The van der Waals surface area contributed by atoms with Gasteiger partial charge in [0.1, 0.15) is 5.82 Å². The second kappa shape index (κ2) is 5.08. The van der Waals surface area contributed by atoms with Crippen LogP contribution in [0.4, 0.5) is 4.39 Å². The molecule has 2 N–H and O–H groups in total. The first-order valence-electron chi connectivity index (χ1n) is 5.76. The van der Waals surface area contributed by atoms with Crippen LogP contribution >= 0.6 is 12.4 Å².